The van der Waals surface area contributed by atoms with E-state index >= 15 is 0 Å². The Balaban J connectivity index is 2.15. The number of nitrogens with one attached hydrogen (secondary N) is 1. The molecular weight excluding hydrogens is 218 g/mol. The van der Waals surface area contributed by atoms with E-state index in [0.29, 0.717) is 0 Å². The first kappa shape index (κ1) is 11.4. The lowest BCUT2D eigenvalue weighted by Gasteiger charge is -2.18. The van der Waals surface area contributed by atoms with Gasteiger partial charge in [0.05, 0.1) is 0 Å². The van der Waals surface area contributed by atoms with E-state index in [-0.39, 0.29) is 0 Å². The minimum atomic E-state index is 0.982. The number of anilines is 1. The Morgan fingerprint density at radius 2 is 2.31 bits per heavy atom. The average Bonchev–Trinajstić information content (AvgIpc) is 2.76. The van der Waals surface area contributed by atoms with Crippen molar-refractivity contribution in [1.29, 1.82) is 0 Å². The number of likely N-dealkylation sites (N-methyl/N-ethyl adjacent to an activating group) is 2. The summed E-state index contributed by atoms with van der Waals surface area (Å²) in [7, 11) is 2.09. The van der Waals surface area contributed by atoms with E-state index in [9.17, 15) is 0 Å². The second-order valence-electron chi connectivity index (χ2n) is 3.74. The van der Waals surface area contributed by atoms with Gasteiger partial charge in [-0.15, -0.1) is 11.3 Å². The summed E-state index contributed by atoms with van der Waals surface area (Å²) in [5, 5.41) is 6.70. The molecule has 16 heavy (non-hydrogen) atoms. The van der Waals surface area contributed by atoms with Crippen molar-refractivity contribution in [3.8, 4) is 0 Å². The van der Waals surface area contributed by atoms with Gasteiger partial charge in [-0.1, -0.05) is 6.92 Å². The molecule has 0 amide bonds. The topological polar surface area (TPSA) is 28.2 Å². The number of nitrogens with zero attached hydrogens (tertiary/aromatic N) is 2. The minimum absolute atomic E-state index is 0.982. The number of pyridine rings is 1. The first-order valence-electron chi connectivity index (χ1n) is 5.57. The zero-order valence-electron chi connectivity index (χ0n) is 9.73. The quantitative estimate of drug-likeness (QED) is 0.806. The smallest absolute Gasteiger partial charge is 0.137 e. The first-order valence-corrected chi connectivity index (χ1v) is 6.45. The van der Waals surface area contributed by atoms with Crippen LogP contribution in [0, 0.1) is 0 Å². The van der Waals surface area contributed by atoms with Gasteiger partial charge >= 0.3 is 0 Å². The molecule has 0 fully saturated rings. The molecule has 2 aromatic heterocycles. The van der Waals surface area contributed by atoms with Crippen molar-refractivity contribution in [2.24, 2.45) is 0 Å². The van der Waals surface area contributed by atoms with E-state index in [0.717, 1.165) is 25.5 Å². The molecule has 0 saturated heterocycles. The van der Waals surface area contributed by atoms with Crippen LogP contribution in [-0.4, -0.2) is 31.7 Å². The number of hydrogen-bond acceptors (Lipinski definition) is 4. The van der Waals surface area contributed by atoms with Crippen LogP contribution >= 0.6 is 11.3 Å². The molecule has 0 unspecified atom stereocenters. The Hall–Kier alpha value is -1.13. The lowest BCUT2D eigenvalue weighted by molar-refractivity contribution is 0.704. The second-order valence-corrected chi connectivity index (χ2v) is 4.69. The van der Waals surface area contributed by atoms with Crippen molar-refractivity contribution in [2.75, 3.05) is 31.6 Å². The van der Waals surface area contributed by atoms with Gasteiger partial charge in [0.2, 0.25) is 0 Å². The van der Waals surface area contributed by atoms with Gasteiger partial charge in [-0.3, -0.25) is 0 Å². The van der Waals surface area contributed by atoms with E-state index in [1.807, 2.05) is 6.20 Å². The minimum Gasteiger partial charge on any atom is -0.358 e. The molecule has 4 heteroatoms. The Morgan fingerprint density at radius 1 is 1.44 bits per heavy atom. The van der Waals surface area contributed by atoms with E-state index in [1.54, 1.807) is 11.3 Å². The summed E-state index contributed by atoms with van der Waals surface area (Å²) in [6, 6.07) is 4.22. The number of hydrogen-bond donors (Lipinski definition) is 1. The summed E-state index contributed by atoms with van der Waals surface area (Å²) in [5.74, 6) is 1.08. The van der Waals surface area contributed by atoms with Gasteiger partial charge in [-0.2, -0.15) is 0 Å². The highest BCUT2D eigenvalue weighted by Crippen LogP contribution is 2.27. The van der Waals surface area contributed by atoms with Crippen molar-refractivity contribution in [1.82, 2.24) is 10.3 Å². The Labute approximate surface area is 100 Å². The first-order chi connectivity index (χ1) is 7.83. The highest BCUT2D eigenvalue weighted by molar-refractivity contribution is 7.17. The van der Waals surface area contributed by atoms with E-state index in [4.69, 9.17) is 0 Å². The van der Waals surface area contributed by atoms with Crippen LogP contribution in [0.2, 0.25) is 0 Å². The van der Waals surface area contributed by atoms with Crippen molar-refractivity contribution >= 4 is 27.2 Å². The molecule has 2 heterocycles. The fourth-order valence-electron chi connectivity index (χ4n) is 1.71. The largest absolute Gasteiger partial charge is 0.358 e. The molecule has 86 valence electrons. The van der Waals surface area contributed by atoms with Gasteiger partial charge in [0, 0.05) is 36.4 Å². The monoisotopic (exact) mass is 235 g/mol. The van der Waals surface area contributed by atoms with Crippen molar-refractivity contribution in [3.05, 3.63) is 23.7 Å². The fourth-order valence-corrected chi connectivity index (χ4v) is 2.49. The Kier molecular flexibility index (Phi) is 3.74. The molecule has 0 aromatic carbocycles. The number of thiophene rings is 1. The van der Waals surface area contributed by atoms with E-state index in [1.165, 1.54) is 10.1 Å². The highest BCUT2D eigenvalue weighted by Gasteiger charge is 2.07. The van der Waals surface area contributed by atoms with Crippen LogP contribution in [0.3, 0.4) is 0 Å². The van der Waals surface area contributed by atoms with Crippen LogP contribution in [0.25, 0.3) is 10.1 Å². The van der Waals surface area contributed by atoms with Gasteiger partial charge in [0.1, 0.15) is 5.82 Å². The van der Waals surface area contributed by atoms with E-state index < -0.39 is 0 Å². The second kappa shape index (κ2) is 5.27. The van der Waals surface area contributed by atoms with Crippen LogP contribution in [-0.2, 0) is 0 Å². The molecule has 3 nitrogen and oxygen atoms in total. The molecular formula is C12H17N3S. The molecule has 0 saturated carbocycles. The predicted molar refractivity (Wildman–Crippen MR) is 71.4 cm³/mol. The summed E-state index contributed by atoms with van der Waals surface area (Å²) >= 11 is 1.76. The molecule has 2 rings (SSSR count). The standard InChI is InChI=1S/C12H17N3S/c1-3-13-7-8-15(2)12-10-5-9-16-11(10)4-6-14-12/h4-6,9,13H,3,7-8H2,1-2H3. The molecule has 0 radical (unpaired) electrons. The maximum atomic E-state index is 4.46. The van der Waals surface area contributed by atoms with Crippen molar-refractivity contribution in [3.63, 3.8) is 0 Å². The number of rotatable bonds is 5. The molecule has 1 N–H and O–H groups in total. The third kappa shape index (κ3) is 2.33. The third-order valence-electron chi connectivity index (χ3n) is 2.59. The summed E-state index contributed by atoms with van der Waals surface area (Å²) in [4.78, 5) is 6.67. The van der Waals surface area contributed by atoms with Crippen LogP contribution in [0.1, 0.15) is 6.92 Å². The molecule has 0 aliphatic rings. The molecule has 0 spiro atoms. The summed E-state index contributed by atoms with van der Waals surface area (Å²) < 4.78 is 1.31. The van der Waals surface area contributed by atoms with Crippen molar-refractivity contribution < 1.29 is 0 Å². The highest BCUT2D eigenvalue weighted by atomic mass is 32.1. The maximum Gasteiger partial charge on any atom is 0.137 e. The fraction of sp³-hybridized carbons (Fsp3) is 0.417. The Bertz CT molecular complexity index is 452. The van der Waals surface area contributed by atoms with Crippen LogP contribution in [0.15, 0.2) is 23.7 Å². The van der Waals surface area contributed by atoms with Gasteiger partial charge < -0.3 is 10.2 Å². The third-order valence-corrected chi connectivity index (χ3v) is 3.48. The van der Waals surface area contributed by atoms with Crippen molar-refractivity contribution in [2.45, 2.75) is 6.92 Å². The Morgan fingerprint density at radius 3 is 3.12 bits per heavy atom. The van der Waals surface area contributed by atoms with Gasteiger partial charge in [-0.25, -0.2) is 4.98 Å². The molecule has 0 aliphatic heterocycles. The lowest BCUT2D eigenvalue weighted by atomic mass is 10.3. The zero-order chi connectivity index (χ0) is 11.4. The predicted octanol–water partition coefficient (Wildman–Crippen LogP) is 2.34. The van der Waals surface area contributed by atoms with E-state index in [2.05, 4.69) is 46.7 Å². The van der Waals surface area contributed by atoms with Crippen LogP contribution < -0.4 is 10.2 Å². The number of fused-ring (bicyclic) bond motifs is 1. The van der Waals surface area contributed by atoms with Crippen LogP contribution in [0.5, 0.6) is 0 Å². The summed E-state index contributed by atoms with van der Waals surface area (Å²) in [6.45, 7) is 5.12. The summed E-state index contributed by atoms with van der Waals surface area (Å²) in [5.41, 5.74) is 0. The molecule has 2 aromatic rings. The maximum absolute atomic E-state index is 4.46. The van der Waals surface area contributed by atoms with Gasteiger partial charge in [0.25, 0.3) is 0 Å². The number of aromatic nitrogens is 1. The van der Waals surface area contributed by atoms with Gasteiger partial charge in [0.15, 0.2) is 0 Å². The van der Waals surface area contributed by atoms with Crippen LogP contribution in [0.4, 0.5) is 5.82 Å². The molecule has 0 bridgehead atoms. The lowest BCUT2D eigenvalue weighted by Crippen LogP contribution is -2.29. The SMILES string of the molecule is CCNCCN(C)c1nccc2sccc12. The zero-order valence-corrected chi connectivity index (χ0v) is 10.5. The molecule has 0 atom stereocenters. The summed E-state index contributed by atoms with van der Waals surface area (Å²) in [6.07, 6.45) is 1.89. The molecule has 0 aliphatic carbocycles. The average molecular weight is 235 g/mol. The normalized spacial score (nSPS) is 10.9. The van der Waals surface area contributed by atoms with Gasteiger partial charge in [-0.05, 0) is 24.1 Å².